The molecular formula is C10H15BrN2. The lowest BCUT2D eigenvalue weighted by Gasteiger charge is -2.02. The average Bonchev–Trinajstić information content (AvgIpc) is 2.13. The van der Waals surface area contributed by atoms with Gasteiger partial charge in [0.2, 0.25) is 0 Å². The van der Waals surface area contributed by atoms with Crippen molar-refractivity contribution in [1.29, 1.82) is 0 Å². The summed E-state index contributed by atoms with van der Waals surface area (Å²) in [6.07, 6.45) is 6.01. The van der Waals surface area contributed by atoms with Gasteiger partial charge >= 0.3 is 0 Å². The summed E-state index contributed by atoms with van der Waals surface area (Å²) in [5, 5.41) is 3.30. The summed E-state index contributed by atoms with van der Waals surface area (Å²) >= 11 is 3.41. The molecule has 0 radical (unpaired) electrons. The number of aromatic nitrogens is 1. The monoisotopic (exact) mass is 242 g/mol. The second-order valence-corrected chi connectivity index (χ2v) is 3.88. The molecule has 0 fully saturated rings. The van der Waals surface area contributed by atoms with E-state index < -0.39 is 0 Å². The lowest BCUT2D eigenvalue weighted by molar-refractivity contribution is 0.672. The molecular weight excluding hydrogens is 228 g/mol. The van der Waals surface area contributed by atoms with E-state index in [1.54, 1.807) is 0 Å². The first-order valence-electron chi connectivity index (χ1n) is 4.63. The second-order valence-electron chi connectivity index (χ2n) is 2.97. The molecule has 3 heteroatoms. The van der Waals surface area contributed by atoms with Crippen LogP contribution in [-0.4, -0.2) is 18.1 Å². The van der Waals surface area contributed by atoms with Crippen LogP contribution in [0.2, 0.25) is 0 Å². The molecule has 0 aliphatic carbocycles. The number of nitrogens with one attached hydrogen (secondary N) is 1. The molecule has 0 atom stereocenters. The van der Waals surface area contributed by atoms with E-state index in [2.05, 4.69) is 39.2 Å². The van der Waals surface area contributed by atoms with E-state index in [1.807, 2.05) is 12.4 Å². The van der Waals surface area contributed by atoms with Crippen molar-refractivity contribution in [3.8, 4) is 0 Å². The van der Waals surface area contributed by atoms with E-state index in [9.17, 15) is 0 Å². The molecule has 0 saturated heterocycles. The van der Waals surface area contributed by atoms with Gasteiger partial charge in [-0.15, -0.1) is 0 Å². The zero-order valence-electron chi connectivity index (χ0n) is 7.89. The molecule has 0 unspecified atom stereocenters. The number of nitrogens with zero attached hydrogens (tertiary/aromatic N) is 1. The van der Waals surface area contributed by atoms with Gasteiger partial charge in [-0.3, -0.25) is 4.98 Å². The predicted molar refractivity (Wildman–Crippen MR) is 58.8 cm³/mol. The molecule has 13 heavy (non-hydrogen) atoms. The molecule has 0 aliphatic heterocycles. The Balaban J connectivity index is 2.28. The van der Waals surface area contributed by atoms with E-state index >= 15 is 0 Å². The predicted octanol–water partition coefficient (Wildman–Crippen LogP) is 2.39. The first kappa shape index (κ1) is 10.7. The molecule has 0 aliphatic rings. The van der Waals surface area contributed by atoms with Crippen molar-refractivity contribution in [2.45, 2.75) is 19.8 Å². The maximum Gasteiger partial charge on any atom is 0.0410 e. The number of hydrogen-bond acceptors (Lipinski definition) is 2. The highest BCUT2D eigenvalue weighted by Gasteiger charge is 1.94. The summed E-state index contributed by atoms with van der Waals surface area (Å²) in [4.78, 5) is 4.12. The van der Waals surface area contributed by atoms with Crippen LogP contribution in [0.15, 0.2) is 22.9 Å². The van der Waals surface area contributed by atoms with Gasteiger partial charge in [-0.1, -0.05) is 6.92 Å². The maximum absolute atomic E-state index is 4.12. The van der Waals surface area contributed by atoms with Crippen molar-refractivity contribution < 1.29 is 0 Å². The fourth-order valence-corrected chi connectivity index (χ4v) is 1.60. The zero-order chi connectivity index (χ0) is 9.52. The van der Waals surface area contributed by atoms with Crippen LogP contribution >= 0.6 is 15.9 Å². The fraction of sp³-hybridized carbons (Fsp3) is 0.500. The van der Waals surface area contributed by atoms with Gasteiger partial charge < -0.3 is 5.32 Å². The van der Waals surface area contributed by atoms with Crippen molar-refractivity contribution in [1.82, 2.24) is 10.3 Å². The third-order valence-corrected chi connectivity index (χ3v) is 2.26. The van der Waals surface area contributed by atoms with Crippen LogP contribution in [0, 0.1) is 0 Å². The lowest BCUT2D eigenvalue weighted by Crippen LogP contribution is -2.14. The van der Waals surface area contributed by atoms with Gasteiger partial charge in [0.15, 0.2) is 0 Å². The first-order valence-corrected chi connectivity index (χ1v) is 5.42. The highest BCUT2D eigenvalue weighted by Crippen LogP contribution is 2.10. The SMILES string of the molecule is CCNCCCc1cncc(Br)c1. The fourth-order valence-electron chi connectivity index (χ4n) is 1.19. The summed E-state index contributed by atoms with van der Waals surface area (Å²) in [5.41, 5.74) is 1.30. The van der Waals surface area contributed by atoms with Gasteiger partial charge in [0, 0.05) is 16.9 Å². The van der Waals surface area contributed by atoms with Crippen LogP contribution in [0.1, 0.15) is 18.9 Å². The van der Waals surface area contributed by atoms with Crippen molar-refractivity contribution in [2.24, 2.45) is 0 Å². The minimum atomic E-state index is 1.05. The second kappa shape index (κ2) is 6.11. The summed E-state index contributed by atoms with van der Waals surface area (Å²) in [7, 11) is 0. The van der Waals surface area contributed by atoms with E-state index in [-0.39, 0.29) is 0 Å². The Morgan fingerprint density at radius 1 is 1.46 bits per heavy atom. The summed E-state index contributed by atoms with van der Waals surface area (Å²) < 4.78 is 1.06. The van der Waals surface area contributed by atoms with Crippen LogP contribution in [0.4, 0.5) is 0 Å². The van der Waals surface area contributed by atoms with E-state index in [1.165, 1.54) is 12.0 Å². The Hall–Kier alpha value is -0.410. The number of pyridine rings is 1. The molecule has 1 heterocycles. The molecule has 0 bridgehead atoms. The number of halogens is 1. The van der Waals surface area contributed by atoms with Crippen LogP contribution in [0.25, 0.3) is 0 Å². The average molecular weight is 243 g/mol. The lowest BCUT2D eigenvalue weighted by atomic mass is 10.1. The minimum absolute atomic E-state index is 1.05. The third-order valence-electron chi connectivity index (χ3n) is 1.83. The minimum Gasteiger partial charge on any atom is -0.317 e. The standard InChI is InChI=1S/C10H15BrN2/c1-2-12-5-3-4-9-6-10(11)8-13-7-9/h6-8,12H,2-5H2,1H3. The Morgan fingerprint density at radius 2 is 2.31 bits per heavy atom. The Morgan fingerprint density at radius 3 is 3.00 bits per heavy atom. The molecule has 0 amide bonds. The van der Waals surface area contributed by atoms with Crippen molar-refractivity contribution in [2.75, 3.05) is 13.1 Å². The largest absolute Gasteiger partial charge is 0.317 e. The molecule has 0 saturated carbocycles. The normalized spacial score (nSPS) is 10.3. The number of rotatable bonds is 5. The summed E-state index contributed by atoms with van der Waals surface area (Å²) in [6.45, 7) is 4.26. The van der Waals surface area contributed by atoms with Gasteiger partial charge in [-0.2, -0.15) is 0 Å². The summed E-state index contributed by atoms with van der Waals surface area (Å²) in [5.74, 6) is 0. The van der Waals surface area contributed by atoms with Crippen molar-refractivity contribution in [3.63, 3.8) is 0 Å². The first-order chi connectivity index (χ1) is 6.33. The molecule has 2 nitrogen and oxygen atoms in total. The molecule has 1 aromatic heterocycles. The van der Waals surface area contributed by atoms with Crippen molar-refractivity contribution in [3.05, 3.63) is 28.5 Å². The Labute approximate surface area is 87.9 Å². The smallest absolute Gasteiger partial charge is 0.0410 e. The highest BCUT2D eigenvalue weighted by atomic mass is 79.9. The van der Waals surface area contributed by atoms with E-state index in [4.69, 9.17) is 0 Å². The topological polar surface area (TPSA) is 24.9 Å². The molecule has 0 spiro atoms. The molecule has 1 aromatic rings. The van der Waals surface area contributed by atoms with Gasteiger partial charge in [0.05, 0.1) is 0 Å². The number of aryl methyl sites for hydroxylation is 1. The molecule has 1 rings (SSSR count). The number of hydrogen-bond donors (Lipinski definition) is 1. The molecule has 1 N–H and O–H groups in total. The quantitative estimate of drug-likeness (QED) is 0.803. The van der Waals surface area contributed by atoms with E-state index in [0.29, 0.717) is 0 Å². The zero-order valence-corrected chi connectivity index (χ0v) is 9.47. The van der Waals surface area contributed by atoms with Gasteiger partial charge in [0.25, 0.3) is 0 Å². The molecule has 72 valence electrons. The van der Waals surface area contributed by atoms with Crippen LogP contribution in [-0.2, 0) is 6.42 Å². The maximum atomic E-state index is 4.12. The van der Waals surface area contributed by atoms with Crippen LogP contribution < -0.4 is 5.32 Å². The van der Waals surface area contributed by atoms with Crippen LogP contribution in [0.5, 0.6) is 0 Å². The Kier molecular flexibility index (Phi) is 5.01. The molecule has 0 aromatic carbocycles. The summed E-state index contributed by atoms with van der Waals surface area (Å²) in [6, 6.07) is 2.12. The highest BCUT2D eigenvalue weighted by molar-refractivity contribution is 9.10. The van der Waals surface area contributed by atoms with Crippen LogP contribution in [0.3, 0.4) is 0 Å². The van der Waals surface area contributed by atoms with Gasteiger partial charge in [0.1, 0.15) is 0 Å². The van der Waals surface area contributed by atoms with Gasteiger partial charge in [-0.05, 0) is 53.5 Å². The van der Waals surface area contributed by atoms with Crippen molar-refractivity contribution >= 4 is 15.9 Å². The van der Waals surface area contributed by atoms with Gasteiger partial charge in [-0.25, -0.2) is 0 Å². The Bertz CT molecular complexity index is 250. The third kappa shape index (κ3) is 4.39. The van der Waals surface area contributed by atoms with E-state index in [0.717, 1.165) is 24.0 Å².